The fourth-order valence-corrected chi connectivity index (χ4v) is 0.950. The molecule has 0 rings (SSSR count). The van der Waals surface area contributed by atoms with E-state index in [1.807, 2.05) is 0 Å². The average molecular weight is 175 g/mol. The fraction of sp³-hybridized carbons (Fsp3) is 0.875. The molecule has 0 saturated carbocycles. The highest BCUT2D eigenvalue weighted by atomic mass is 16.3. The summed E-state index contributed by atoms with van der Waals surface area (Å²) in [5, 5.41) is 18.3. The molecule has 0 bridgehead atoms. The van der Waals surface area contributed by atoms with Crippen molar-refractivity contribution in [3.63, 3.8) is 0 Å². The van der Waals surface area contributed by atoms with Crippen molar-refractivity contribution in [1.82, 2.24) is 0 Å². The Bertz CT molecular complexity index is 119. The quantitative estimate of drug-likeness (QED) is 0.452. The number of carbonyl (C=O) groups is 1. The minimum absolute atomic E-state index is 0.148. The van der Waals surface area contributed by atoms with Crippen molar-refractivity contribution in [3.8, 4) is 0 Å². The summed E-state index contributed by atoms with van der Waals surface area (Å²) in [5.41, 5.74) is 5.22. The Labute approximate surface area is 72.4 Å². The second-order valence-electron chi connectivity index (χ2n) is 2.86. The maximum atomic E-state index is 9.94. The number of hydrogen-bond donors (Lipinski definition) is 3. The van der Waals surface area contributed by atoms with Crippen LogP contribution in [-0.2, 0) is 4.79 Å². The lowest BCUT2D eigenvalue weighted by Gasteiger charge is -2.11. The van der Waals surface area contributed by atoms with Gasteiger partial charge in [0.25, 0.3) is 0 Å². The molecule has 0 fully saturated rings. The number of aldehydes is 1. The topological polar surface area (TPSA) is 83.6 Å². The molecule has 0 aromatic rings. The van der Waals surface area contributed by atoms with E-state index in [0.29, 0.717) is 32.1 Å². The molecule has 72 valence electrons. The van der Waals surface area contributed by atoms with Gasteiger partial charge in [0.1, 0.15) is 6.29 Å². The third-order valence-corrected chi connectivity index (χ3v) is 1.70. The lowest BCUT2D eigenvalue weighted by atomic mass is 10.1. The van der Waals surface area contributed by atoms with E-state index in [1.54, 1.807) is 0 Å². The van der Waals surface area contributed by atoms with E-state index < -0.39 is 12.2 Å². The molecule has 0 heterocycles. The van der Waals surface area contributed by atoms with Gasteiger partial charge in [0.2, 0.25) is 0 Å². The van der Waals surface area contributed by atoms with E-state index in [1.165, 1.54) is 0 Å². The molecular weight excluding hydrogens is 158 g/mol. The molecule has 0 aromatic heterocycles. The Hall–Kier alpha value is -0.450. The van der Waals surface area contributed by atoms with Crippen molar-refractivity contribution >= 4 is 6.29 Å². The molecule has 2 unspecified atom stereocenters. The van der Waals surface area contributed by atoms with Gasteiger partial charge < -0.3 is 20.7 Å². The zero-order valence-corrected chi connectivity index (χ0v) is 7.15. The summed E-state index contributed by atoms with van der Waals surface area (Å²) >= 11 is 0. The van der Waals surface area contributed by atoms with E-state index in [0.717, 1.165) is 0 Å². The Morgan fingerprint density at radius 1 is 1.17 bits per heavy atom. The van der Waals surface area contributed by atoms with Gasteiger partial charge in [-0.25, -0.2) is 0 Å². The number of nitrogens with two attached hydrogens (primary N) is 1. The van der Waals surface area contributed by atoms with Crippen LogP contribution in [0.15, 0.2) is 0 Å². The van der Waals surface area contributed by atoms with Crippen LogP contribution in [0.5, 0.6) is 0 Å². The molecule has 0 spiro atoms. The number of rotatable bonds is 7. The number of hydrogen-bond acceptors (Lipinski definition) is 4. The maximum absolute atomic E-state index is 9.94. The monoisotopic (exact) mass is 175 g/mol. The van der Waals surface area contributed by atoms with Crippen LogP contribution in [0.2, 0.25) is 0 Å². The smallest absolute Gasteiger partial charge is 0.122 e. The number of carbonyl (C=O) groups excluding carboxylic acids is 1. The summed E-state index contributed by atoms with van der Waals surface area (Å²) in [5.74, 6) is 0. The molecule has 0 aliphatic rings. The molecule has 0 saturated heterocycles. The SMILES string of the molecule is NCCC(O)CCC(O)CC=O. The van der Waals surface area contributed by atoms with Crippen LogP contribution in [0.4, 0.5) is 0 Å². The predicted molar refractivity (Wildman–Crippen MR) is 45.6 cm³/mol. The molecule has 2 atom stereocenters. The first kappa shape index (κ1) is 11.6. The first-order chi connectivity index (χ1) is 5.70. The zero-order valence-electron chi connectivity index (χ0n) is 7.15. The minimum Gasteiger partial charge on any atom is -0.393 e. The van der Waals surface area contributed by atoms with Gasteiger partial charge in [0, 0.05) is 6.42 Å². The van der Waals surface area contributed by atoms with Gasteiger partial charge in [-0.2, -0.15) is 0 Å². The molecule has 0 aliphatic carbocycles. The van der Waals surface area contributed by atoms with Crippen LogP contribution in [0, 0.1) is 0 Å². The van der Waals surface area contributed by atoms with Crippen molar-refractivity contribution in [1.29, 1.82) is 0 Å². The van der Waals surface area contributed by atoms with Gasteiger partial charge in [-0.05, 0) is 25.8 Å². The predicted octanol–water partition coefficient (Wildman–Crippen LogP) is -0.574. The summed E-state index contributed by atoms with van der Waals surface area (Å²) in [4.78, 5) is 9.94. The Balaban J connectivity index is 3.32. The van der Waals surface area contributed by atoms with Gasteiger partial charge in [0.05, 0.1) is 12.2 Å². The first-order valence-corrected chi connectivity index (χ1v) is 4.20. The Kier molecular flexibility index (Phi) is 6.94. The molecule has 4 heteroatoms. The molecule has 12 heavy (non-hydrogen) atoms. The lowest BCUT2D eigenvalue weighted by Crippen LogP contribution is -2.16. The molecule has 0 aromatic carbocycles. The second-order valence-corrected chi connectivity index (χ2v) is 2.86. The first-order valence-electron chi connectivity index (χ1n) is 4.20. The number of aliphatic hydroxyl groups is 2. The van der Waals surface area contributed by atoms with Crippen LogP contribution in [0.25, 0.3) is 0 Å². The van der Waals surface area contributed by atoms with E-state index in [4.69, 9.17) is 10.8 Å². The summed E-state index contributed by atoms with van der Waals surface area (Å²) in [6, 6.07) is 0. The second kappa shape index (κ2) is 7.21. The molecule has 0 amide bonds. The highest BCUT2D eigenvalue weighted by Gasteiger charge is 2.07. The molecule has 4 nitrogen and oxygen atoms in total. The average Bonchev–Trinajstić information content (AvgIpc) is 2.02. The van der Waals surface area contributed by atoms with Gasteiger partial charge in [-0.3, -0.25) is 0 Å². The highest BCUT2D eigenvalue weighted by molar-refractivity contribution is 5.49. The zero-order chi connectivity index (χ0) is 9.40. The van der Waals surface area contributed by atoms with E-state index in [-0.39, 0.29) is 6.42 Å². The van der Waals surface area contributed by atoms with E-state index >= 15 is 0 Å². The molecule has 4 N–H and O–H groups in total. The summed E-state index contributed by atoms with van der Waals surface area (Å²) in [6.07, 6.45) is 1.28. The fourth-order valence-electron chi connectivity index (χ4n) is 0.950. The third kappa shape index (κ3) is 6.27. The molecule has 0 aliphatic heterocycles. The Morgan fingerprint density at radius 3 is 2.25 bits per heavy atom. The van der Waals surface area contributed by atoms with Crippen LogP contribution in [-0.4, -0.2) is 35.3 Å². The highest BCUT2D eigenvalue weighted by Crippen LogP contribution is 2.05. The van der Waals surface area contributed by atoms with Gasteiger partial charge in [-0.15, -0.1) is 0 Å². The largest absolute Gasteiger partial charge is 0.393 e. The summed E-state index contributed by atoms with van der Waals surface area (Å²) < 4.78 is 0. The normalized spacial score (nSPS) is 15.6. The van der Waals surface area contributed by atoms with Crippen LogP contribution >= 0.6 is 0 Å². The third-order valence-electron chi connectivity index (χ3n) is 1.70. The van der Waals surface area contributed by atoms with Crippen molar-refractivity contribution in [3.05, 3.63) is 0 Å². The van der Waals surface area contributed by atoms with E-state index in [2.05, 4.69) is 0 Å². The minimum atomic E-state index is -0.616. The van der Waals surface area contributed by atoms with Crippen molar-refractivity contribution in [2.75, 3.05) is 6.54 Å². The van der Waals surface area contributed by atoms with Gasteiger partial charge in [-0.1, -0.05) is 0 Å². The van der Waals surface area contributed by atoms with Crippen molar-refractivity contribution < 1.29 is 15.0 Å². The Morgan fingerprint density at radius 2 is 1.75 bits per heavy atom. The lowest BCUT2D eigenvalue weighted by molar-refractivity contribution is -0.109. The van der Waals surface area contributed by atoms with Crippen LogP contribution in [0.1, 0.15) is 25.7 Å². The maximum Gasteiger partial charge on any atom is 0.122 e. The summed E-state index contributed by atoms with van der Waals surface area (Å²) in [6.45, 7) is 0.449. The van der Waals surface area contributed by atoms with Crippen molar-refractivity contribution in [2.45, 2.75) is 37.9 Å². The van der Waals surface area contributed by atoms with Gasteiger partial charge in [0.15, 0.2) is 0 Å². The van der Waals surface area contributed by atoms with Crippen LogP contribution in [0.3, 0.4) is 0 Å². The molecule has 0 radical (unpaired) electrons. The van der Waals surface area contributed by atoms with Crippen LogP contribution < -0.4 is 5.73 Å². The standard InChI is InChI=1S/C8H17NO3/c9-5-3-7(11)1-2-8(12)4-6-10/h6-8,11-12H,1-5,9H2. The summed E-state index contributed by atoms with van der Waals surface area (Å²) in [7, 11) is 0. The van der Waals surface area contributed by atoms with Crippen molar-refractivity contribution in [2.24, 2.45) is 5.73 Å². The van der Waals surface area contributed by atoms with Gasteiger partial charge >= 0.3 is 0 Å². The molecular formula is C8H17NO3. The number of aliphatic hydroxyl groups excluding tert-OH is 2. The van der Waals surface area contributed by atoms with E-state index in [9.17, 15) is 9.90 Å².